The minimum Gasteiger partial charge on any atom is -0.300 e. The molecule has 3 rings (SSSR count). The number of anilines is 1. The highest BCUT2D eigenvalue weighted by atomic mass is 32.1. The van der Waals surface area contributed by atoms with E-state index in [2.05, 4.69) is 39.8 Å². The van der Waals surface area contributed by atoms with Crippen LogP contribution in [0.25, 0.3) is 0 Å². The van der Waals surface area contributed by atoms with Crippen molar-refractivity contribution in [2.24, 2.45) is 5.92 Å². The molecule has 1 heterocycles. The van der Waals surface area contributed by atoms with Crippen LogP contribution in [0.3, 0.4) is 0 Å². The van der Waals surface area contributed by atoms with Crippen molar-refractivity contribution in [2.45, 2.75) is 32.1 Å². The Hall–Kier alpha value is -1.75. The molecule has 20 heavy (non-hydrogen) atoms. The summed E-state index contributed by atoms with van der Waals surface area (Å²) in [5.41, 5.74) is 1.32. The van der Waals surface area contributed by atoms with E-state index in [1.807, 2.05) is 19.9 Å². The van der Waals surface area contributed by atoms with Crippen molar-refractivity contribution in [1.29, 1.82) is 0 Å². The Kier molecular flexibility index (Phi) is 3.30. The van der Waals surface area contributed by atoms with Gasteiger partial charge in [-0.2, -0.15) is 0 Å². The Morgan fingerprint density at radius 1 is 1.25 bits per heavy atom. The van der Waals surface area contributed by atoms with E-state index < -0.39 is 0 Å². The third-order valence-corrected chi connectivity index (χ3v) is 4.71. The average Bonchev–Trinajstić information content (AvgIpc) is 3.14. The highest BCUT2D eigenvalue weighted by molar-refractivity contribution is 7.15. The topological polar surface area (TPSA) is 54.9 Å². The fraction of sp³-hybridized carbons (Fsp3) is 0.400. The smallest absolute Gasteiger partial charge is 0.228 e. The Balaban J connectivity index is 1.82. The zero-order valence-electron chi connectivity index (χ0n) is 11.6. The first-order chi connectivity index (χ1) is 9.62. The van der Waals surface area contributed by atoms with Gasteiger partial charge in [0.1, 0.15) is 5.01 Å². The molecule has 104 valence electrons. The minimum atomic E-state index is -0.0497. The van der Waals surface area contributed by atoms with Gasteiger partial charge in [0.05, 0.1) is 0 Å². The molecule has 1 aliphatic carbocycles. The van der Waals surface area contributed by atoms with Crippen LogP contribution in [0.2, 0.25) is 0 Å². The second-order valence-electron chi connectivity index (χ2n) is 5.50. The molecule has 1 aromatic heterocycles. The van der Waals surface area contributed by atoms with Crippen molar-refractivity contribution < 1.29 is 4.79 Å². The van der Waals surface area contributed by atoms with Crippen LogP contribution in [0.1, 0.15) is 37.3 Å². The molecule has 5 heteroatoms. The molecular weight excluding hydrogens is 270 g/mol. The largest absolute Gasteiger partial charge is 0.300 e. The quantitative estimate of drug-likeness (QED) is 0.939. The lowest BCUT2D eigenvalue weighted by Crippen LogP contribution is -2.17. The predicted molar refractivity (Wildman–Crippen MR) is 79.8 cm³/mol. The Morgan fingerprint density at radius 3 is 2.55 bits per heavy atom. The second kappa shape index (κ2) is 4.98. The van der Waals surface area contributed by atoms with Crippen molar-refractivity contribution >= 4 is 22.4 Å². The van der Waals surface area contributed by atoms with Gasteiger partial charge in [-0.05, 0) is 18.4 Å². The molecule has 2 aromatic rings. The first-order valence-corrected chi connectivity index (χ1v) is 7.64. The van der Waals surface area contributed by atoms with Crippen LogP contribution in [0.5, 0.6) is 0 Å². The van der Waals surface area contributed by atoms with Crippen molar-refractivity contribution in [1.82, 2.24) is 10.2 Å². The summed E-state index contributed by atoms with van der Waals surface area (Å²) in [5.74, 6) is -0.0661. The number of benzene rings is 1. The average molecular weight is 287 g/mol. The van der Waals surface area contributed by atoms with E-state index in [1.165, 1.54) is 16.9 Å². The van der Waals surface area contributed by atoms with E-state index in [-0.39, 0.29) is 17.2 Å². The van der Waals surface area contributed by atoms with Gasteiger partial charge in [-0.15, -0.1) is 10.2 Å². The minimum absolute atomic E-state index is 0.0164. The summed E-state index contributed by atoms with van der Waals surface area (Å²) in [6.45, 7) is 3.73. The van der Waals surface area contributed by atoms with Crippen LogP contribution >= 0.6 is 11.3 Å². The van der Waals surface area contributed by atoms with E-state index in [9.17, 15) is 4.79 Å². The van der Waals surface area contributed by atoms with Gasteiger partial charge in [-0.25, -0.2) is 0 Å². The van der Waals surface area contributed by atoms with E-state index >= 15 is 0 Å². The summed E-state index contributed by atoms with van der Waals surface area (Å²) in [7, 11) is 0. The number of rotatable bonds is 4. The highest BCUT2D eigenvalue weighted by Crippen LogP contribution is 2.54. The summed E-state index contributed by atoms with van der Waals surface area (Å²) >= 11 is 1.49. The number of carbonyl (C=O) groups excluding carboxylic acids is 1. The third-order valence-electron chi connectivity index (χ3n) is 3.67. The van der Waals surface area contributed by atoms with Crippen LogP contribution in [-0.4, -0.2) is 16.1 Å². The molecule has 0 spiro atoms. The van der Waals surface area contributed by atoms with Gasteiger partial charge in [0, 0.05) is 11.3 Å². The zero-order chi connectivity index (χ0) is 14.2. The van der Waals surface area contributed by atoms with Crippen LogP contribution in [0, 0.1) is 5.92 Å². The van der Waals surface area contributed by atoms with E-state index in [1.54, 1.807) is 0 Å². The molecule has 1 aromatic carbocycles. The molecule has 0 atom stereocenters. The van der Waals surface area contributed by atoms with Gasteiger partial charge in [0.2, 0.25) is 11.0 Å². The number of nitrogens with one attached hydrogen (secondary N) is 1. The summed E-state index contributed by atoms with van der Waals surface area (Å²) in [6, 6.07) is 10.4. The summed E-state index contributed by atoms with van der Waals surface area (Å²) in [6.07, 6.45) is 2.20. The molecule has 0 aliphatic heterocycles. The Bertz CT molecular complexity index is 617. The van der Waals surface area contributed by atoms with Gasteiger partial charge in [-0.1, -0.05) is 55.5 Å². The van der Waals surface area contributed by atoms with E-state index in [4.69, 9.17) is 0 Å². The van der Waals surface area contributed by atoms with Gasteiger partial charge >= 0.3 is 0 Å². The van der Waals surface area contributed by atoms with Crippen LogP contribution < -0.4 is 5.32 Å². The maximum atomic E-state index is 11.7. The molecule has 1 aliphatic rings. The third kappa shape index (κ3) is 2.33. The first kappa shape index (κ1) is 13.2. The predicted octanol–water partition coefficient (Wildman–Crippen LogP) is 3.21. The SMILES string of the molecule is CC(C)C(=O)Nc1nnc(C2(c3ccccc3)CC2)s1. The molecule has 4 nitrogen and oxygen atoms in total. The summed E-state index contributed by atoms with van der Waals surface area (Å²) in [4.78, 5) is 11.7. The van der Waals surface area contributed by atoms with E-state index in [0.29, 0.717) is 5.13 Å². The number of hydrogen-bond acceptors (Lipinski definition) is 4. The molecule has 0 saturated heterocycles. The molecule has 1 amide bonds. The molecule has 0 unspecified atom stereocenters. The maximum Gasteiger partial charge on any atom is 0.228 e. The highest BCUT2D eigenvalue weighted by Gasteiger charge is 2.48. The lowest BCUT2D eigenvalue weighted by Gasteiger charge is -2.11. The van der Waals surface area contributed by atoms with Crippen molar-refractivity contribution in [3.8, 4) is 0 Å². The molecule has 1 saturated carbocycles. The Morgan fingerprint density at radius 2 is 1.95 bits per heavy atom. The zero-order valence-corrected chi connectivity index (χ0v) is 12.4. The monoisotopic (exact) mass is 287 g/mol. The number of amides is 1. The number of hydrogen-bond donors (Lipinski definition) is 1. The van der Waals surface area contributed by atoms with Gasteiger partial charge in [0.15, 0.2) is 0 Å². The lowest BCUT2D eigenvalue weighted by molar-refractivity contribution is -0.118. The molecule has 1 N–H and O–H groups in total. The van der Waals surface area contributed by atoms with Crippen LogP contribution in [0.4, 0.5) is 5.13 Å². The van der Waals surface area contributed by atoms with Gasteiger partial charge in [-0.3, -0.25) is 4.79 Å². The fourth-order valence-corrected chi connectivity index (χ4v) is 3.24. The Labute approximate surface area is 122 Å². The van der Waals surface area contributed by atoms with Gasteiger partial charge in [0.25, 0.3) is 0 Å². The number of nitrogens with zero attached hydrogens (tertiary/aromatic N) is 2. The fourth-order valence-electron chi connectivity index (χ4n) is 2.23. The second-order valence-corrected chi connectivity index (χ2v) is 6.48. The van der Waals surface area contributed by atoms with Crippen molar-refractivity contribution in [3.63, 3.8) is 0 Å². The molecule has 1 fully saturated rings. The van der Waals surface area contributed by atoms with Crippen molar-refractivity contribution in [2.75, 3.05) is 5.32 Å². The summed E-state index contributed by atoms with van der Waals surface area (Å²) in [5, 5.41) is 12.8. The lowest BCUT2D eigenvalue weighted by atomic mass is 9.97. The van der Waals surface area contributed by atoms with Gasteiger partial charge < -0.3 is 5.32 Å². The normalized spacial score (nSPS) is 16.1. The number of aromatic nitrogens is 2. The number of carbonyl (C=O) groups is 1. The van der Waals surface area contributed by atoms with Crippen LogP contribution in [0.15, 0.2) is 30.3 Å². The molecule has 0 radical (unpaired) electrons. The molecular formula is C15H17N3OS. The van der Waals surface area contributed by atoms with E-state index in [0.717, 1.165) is 17.8 Å². The molecule has 0 bridgehead atoms. The maximum absolute atomic E-state index is 11.7. The first-order valence-electron chi connectivity index (χ1n) is 6.82. The van der Waals surface area contributed by atoms with Crippen molar-refractivity contribution in [3.05, 3.63) is 40.9 Å². The summed E-state index contributed by atoms with van der Waals surface area (Å²) < 4.78 is 0. The standard InChI is InChI=1S/C15H17N3OS/c1-10(2)12(19)16-14-18-17-13(20-14)15(8-9-15)11-6-4-3-5-7-11/h3-7,10H,8-9H2,1-2H3,(H,16,18,19). The van der Waals surface area contributed by atoms with Crippen LogP contribution in [-0.2, 0) is 10.2 Å².